The van der Waals surface area contributed by atoms with Gasteiger partial charge in [-0.15, -0.1) is 15.0 Å². The quantitative estimate of drug-likeness (QED) is 0.452. The molecule has 0 aliphatic heterocycles. The SMILES string of the molecule is CC(C)(C)OOOc1nc(OOOC(C)(C)C)nc(OOOC(C)(C)C)n1. The molecule has 0 atom stereocenters. The third-order valence-electron chi connectivity index (χ3n) is 1.75. The van der Waals surface area contributed by atoms with E-state index in [2.05, 4.69) is 30.1 Å². The Morgan fingerprint density at radius 3 is 0.852 bits per heavy atom. The van der Waals surface area contributed by atoms with E-state index in [1.165, 1.54) is 0 Å². The molecule has 0 aromatic carbocycles. The summed E-state index contributed by atoms with van der Waals surface area (Å²) in [5.41, 5.74) is -1.88. The van der Waals surface area contributed by atoms with Gasteiger partial charge in [-0.3, -0.25) is 14.7 Å². The highest BCUT2D eigenvalue weighted by Crippen LogP contribution is 2.18. The molecule has 0 aliphatic carbocycles. The maximum Gasteiger partial charge on any atom is 0.366 e. The van der Waals surface area contributed by atoms with Crippen LogP contribution in [0, 0.1) is 0 Å². The molecule has 0 spiro atoms. The summed E-state index contributed by atoms with van der Waals surface area (Å²) in [5, 5.41) is 13.8. The summed E-state index contributed by atoms with van der Waals surface area (Å²) in [6.07, 6.45) is 0. The third kappa shape index (κ3) is 12.2. The molecule has 0 unspecified atom stereocenters. The molecule has 0 fully saturated rings. The maximum absolute atomic E-state index is 4.95. The van der Waals surface area contributed by atoms with E-state index in [1.54, 1.807) is 62.3 Å². The van der Waals surface area contributed by atoms with Crippen LogP contribution in [0.5, 0.6) is 18.0 Å². The van der Waals surface area contributed by atoms with E-state index in [0.29, 0.717) is 0 Å². The van der Waals surface area contributed by atoms with Crippen molar-refractivity contribution in [2.24, 2.45) is 0 Å². The Balaban J connectivity index is 2.77. The lowest BCUT2D eigenvalue weighted by Gasteiger charge is -2.16. The Labute approximate surface area is 157 Å². The minimum absolute atomic E-state index is 0.363. The Bertz CT molecular complexity index is 486. The summed E-state index contributed by atoms with van der Waals surface area (Å²) in [7, 11) is 0. The second-order valence-electron chi connectivity index (χ2n) is 8.22. The highest BCUT2D eigenvalue weighted by Gasteiger charge is 2.19. The molecule has 1 heterocycles. The fourth-order valence-corrected chi connectivity index (χ4v) is 0.881. The average Bonchev–Trinajstić information content (AvgIpc) is 2.43. The van der Waals surface area contributed by atoms with E-state index < -0.39 is 16.8 Å². The predicted octanol–water partition coefficient (Wildman–Crippen LogP) is 2.99. The standard InChI is InChI=1S/C15H27N3O9/c1-13(2,3)22-25-19-10-16-11(20-26-23-14(4,5)6)18-12(17-10)21-27-24-15(7,8)9/h1-9H3. The molecule has 0 radical (unpaired) electrons. The van der Waals surface area contributed by atoms with E-state index in [9.17, 15) is 0 Å². The highest BCUT2D eigenvalue weighted by atomic mass is 17.5. The van der Waals surface area contributed by atoms with Gasteiger partial charge in [-0.2, -0.15) is 14.7 Å². The average molecular weight is 393 g/mol. The number of rotatable bonds is 9. The molecule has 0 N–H and O–H groups in total. The molecule has 0 bridgehead atoms. The van der Waals surface area contributed by atoms with Crippen LogP contribution in [-0.2, 0) is 29.8 Å². The summed E-state index contributed by atoms with van der Waals surface area (Å²) < 4.78 is 0. The van der Waals surface area contributed by atoms with E-state index in [0.717, 1.165) is 0 Å². The Hall–Kier alpha value is -1.83. The van der Waals surface area contributed by atoms with Crippen LogP contribution in [0.15, 0.2) is 0 Å². The van der Waals surface area contributed by atoms with E-state index in [1.807, 2.05) is 0 Å². The van der Waals surface area contributed by atoms with Gasteiger partial charge >= 0.3 is 18.0 Å². The largest absolute Gasteiger partial charge is 0.366 e. The van der Waals surface area contributed by atoms with Gasteiger partial charge in [0.2, 0.25) is 0 Å². The lowest BCUT2D eigenvalue weighted by atomic mass is 10.2. The summed E-state index contributed by atoms with van der Waals surface area (Å²) in [5.74, 6) is 0. The van der Waals surface area contributed by atoms with Crippen LogP contribution < -0.4 is 14.7 Å². The molecule has 1 aromatic rings. The van der Waals surface area contributed by atoms with Crippen LogP contribution in [0.1, 0.15) is 62.3 Å². The molecule has 0 aliphatic rings. The molecule has 0 saturated carbocycles. The van der Waals surface area contributed by atoms with Crippen LogP contribution in [0.3, 0.4) is 0 Å². The van der Waals surface area contributed by atoms with Gasteiger partial charge in [-0.1, -0.05) is 0 Å². The zero-order valence-corrected chi connectivity index (χ0v) is 17.0. The van der Waals surface area contributed by atoms with Gasteiger partial charge in [0.15, 0.2) is 0 Å². The monoisotopic (exact) mass is 393 g/mol. The topological polar surface area (TPSA) is 122 Å². The summed E-state index contributed by atoms with van der Waals surface area (Å²) in [4.78, 5) is 40.6. The molecule has 1 rings (SSSR count). The zero-order chi connectivity index (χ0) is 20.7. The summed E-state index contributed by atoms with van der Waals surface area (Å²) in [6.45, 7) is 15.8. The van der Waals surface area contributed by atoms with Crippen molar-refractivity contribution >= 4 is 0 Å². The van der Waals surface area contributed by atoms with E-state index >= 15 is 0 Å². The molecule has 0 amide bonds. The van der Waals surface area contributed by atoms with Crippen molar-refractivity contribution in [3.8, 4) is 18.0 Å². The minimum Gasteiger partial charge on any atom is -0.265 e. The van der Waals surface area contributed by atoms with Gasteiger partial charge in [0.05, 0.1) is 16.8 Å². The molecule has 1 aromatic heterocycles. The van der Waals surface area contributed by atoms with Gasteiger partial charge in [-0.05, 0) is 77.4 Å². The second kappa shape index (κ2) is 9.39. The van der Waals surface area contributed by atoms with Gasteiger partial charge in [0.1, 0.15) is 0 Å². The van der Waals surface area contributed by atoms with Gasteiger partial charge in [-0.25, -0.2) is 0 Å². The lowest BCUT2D eigenvalue weighted by molar-refractivity contribution is -0.505. The normalized spacial score (nSPS) is 12.8. The number of aromatic nitrogens is 3. The number of hydrogen-bond acceptors (Lipinski definition) is 12. The van der Waals surface area contributed by atoms with Gasteiger partial charge in [0, 0.05) is 0 Å². The van der Waals surface area contributed by atoms with Crippen molar-refractivity contribution in [1.82, 2.24) is 15.0 Å². The zero-order valence-electron chi connectivity index (χ0n) is 17.0. The van der Waals surface area contributed by atoms with Crippen LogP contribution in [-0.4, -0.2) is 31.8 Å². The summed E-state index contributed by atoms with van der Waals surface area (Å²) >= 11 is 0. The molecule has 0 saturated heterocycles. The van der Waals surface area contributed by atoms with Crippen molar-refractivity contribution in [2.75, 3.05) is 0 Å². The van der Waals surface area contributed by atoms with Gasteiger partial charge < -0.3 is 0 Å². The van der Waals surface area contributed by atoms with E-state index in [-0.39, 0.29) is 18.0 Å². The Morgan fingerprint density at radius 2 is 0.667 bits per heavy atom. The Kier molecular flexibility index (Phi) is 8.07. The second-order valence-corrected chi connectivity index (χ2v) is 8.22. The van der Waals surface area contributed by atoms with Crippen molar-refractivity contribution in [1.29, 1.82) is 0 Å². The lowest BCUT2D eigenvalue weighted by Crippen LogP contribution is -2.22. The van der Waals surface area contributed by atoms with Crippen LogP contribution in [0.25, 0.3) is 0 Å². The minimum atomic E-state index is -0.626. The first-order valence-electron chi connectivity index (χ1n) is 8.07. The first kappa shape index (κ1) is 23.2. The third-order valence-corrected chi connectivity index (χ3v) is 1.75. The summed E-state index contributed by atoms with van der Waals surface area (Å²) in [6, 6.07) is -1.09. The van der Waals surface area contributed by atoms with Crippen molar-refractivity contribution < 1.29 is 44.4 Å². The van der Waals surface area contributed by atoms with E-state index in [4.69, 9.17) is 29.3 Å². The molecular formula is C15H27N3O9. The molecule has 27 heavy (non-hydrogen) atoms. The fraction of sp³-hybridized carbons (Fsp3) is 0.800. The first-order valence-corrected chi connectivity index (χ1v) is 8.07. The van der Waals surface area contributed by atoms with Gasteiger partial charge in [0.25, 0.3) is 0 Å². The Morgan fingerprint density at radius 1 is 0.444 bits per heavy atom. The highest BCUT2D eigenvalue weighted by molar-refractivity contribution is 5.07. The molecule has 156 valence electrons. The van der Waals surface area contributed by atoms with Crippen molar-refractivity contribution in [3.63, 3.8) is 0 Å². The molecular weight excluding hydrogens is 366 g/mol. The van der Waals surface area contributed by atoms with Crippen LogP contribution in [0.2, 0.25) is 0 Å². The maximum atomic E-state index is 4.95. The number of hydrogen-bond donors (Lipinski definition) is 0. The van der Waals surface area contributed by atoms with Crippen LogP contribution >= 0.6 is 0 Å². The molecule has 12 heteroatoms. The van der Waals surface area contributed by atoms with Crippen LogP contribution in [0.4, 0.5) is 0 Å². The van der Waals surface area contributed by atoms with Crippen molar-refractivity contribution in [3.05, 3.63) is 0 Å². The molecule has 12 nitrogen and oxygen atoms in total. The fourth-order valence-electron chi connectivity index (χ4n) is 0.881. The first-order chi connectivity index (χ1) is 12.2. The predicted molar refractivity (Wildman–Crippen MR) is 87.5 cm³/mol. The smallest absolute Gasteiger partial charge is 0.265 e. The number of nitrogens with zero attached hydrogens (tertiary/aromatic N) is 3. The van der Waals surface area contributed by atoms with Crippen molar-refractivity contribution in [2.45, 2.75) is 79.1 Å².